The van der Waals surface area contributed by atoms with Crippen LogP contribution in [0.2, 0.25) is 0 Å². The fourth-order valence-electron chi connectivity index (χ4n) is 8.26. The van der Waals surface area contributed by atoms with Crippen LogP contribution in [0.15, 0.2) is 36.5 Å². The minimum absolute atomic E-state index is 0.0219. The molecule has 5 atom stereocenters. The van der Waals surface area contributed by atoms with E-state index in [1.807, 2.05) is 13.1 Å². The molecule has 5 unspecified atom stereocenters. The zero-order chi connectivity index (χ0) is 56.3. The summed E-state index contributed by atoms with van der Waals surface area (Å²) in [5, 5.41) is 38.1. The molecular formula is C48H70FN9O17S. The molecule has 2 aliphatic rings. The maximum Gasteiger partial charge on any atom is 0.495 e. The van der Waals surface area contributed by atoms with Crippen molar-refractivity contribution in [1.82, 2.24) is 40.8 Å². The molecule has 1 saturated heterocycles. The lowest BCUT2D eigenvalue weighted by molar-refractivity contribution is -0.195. The molecule has 0 bridgehead atoms. The molecule has 26 nitrogen and oxygen atoms in total. The molecule has 76 heavy (non-hydrogen) atoms. The minimum Gasteiger partial charge on any atom is -0.479 e. The van der Waals surface area contributed by atoms with E-state index in [2.05, 4.69) is 77.9 Å². The molecule has 4 heterocycles. The zero-order valence-electron chi connectivity index (χ0n) is 43.5. The number of ether oxygens (including phenoxy) is 5. The summed E-state index contributed by atoms with van der Waals surface area (Å²) in [7, 11) is 0.468. The van der Waals surface area contributed by atoms with Gasteiger partial charge in [-0.1, -0.05) is 33.8 Å². The second-order valence-electron chi connectivity index (χ2n) is 18.6. The Kier molecular flexibility index (Phi) is 24.3. The number of carbonyl (C=O) groups excluding carboxylic acids is 6. The summed E-state index contributed by atoms with van der Waals surface area (Å²) in [4.78, 5) is 90.9. The van der Waals surface area contributed by atoms with E-state index in [1.165, 1.54) is 23.8 Å². The van der Waals surface area contributed by atoms with Crippen molar-refractivity contribution in [2.45, 2.75) is 104 Å². The highest BCUT2D eigenvalue weighted by molar-refractivity contribution is 7.85. The van der Waals surface area contributed by atoms with Crippen LogP contribution < -0.4 is 31.3 Å². The summed E-state index contributed by atoms with van der Waals surface area (Å²) in [5.74, 6) is -3.90. The topological polar surface area (TPSA) is 345 Å². The van der Waals surface area contributed by atoms with Crippen molar-refractivity contribution in [3.8, 4) is 5.75 Å². The average Bonchev–Trinajstić information content (AvgIpc) is 3.65. The summed E-state index contributed by atoms with van der Waals surface area (Å²) < 4.78 is 67.3. The Morgan fingerprint density at radius 1 is 0.895 bits per heavy atom. The molecule has 422 valence electrons. The maximum atomic E-state index is 13.1. The fraction of sp³-hybridized carbons (Fsp3) is 0.583. The summed E-state index contributed by atoms with van der Waals surface area (Å²) in [6.07, 6.45) is -3.44. The molecule has 0 spiro atoms. The first-order valence-electron chi connectivity index (χ1n) is 24.4. The van der Waals surface area contributed by atoms with E-state index in [0.717, 1.165) is 16.7 Å². The Bertz CT molecular complexity index is 2590. The van der Waals surface area contributed by atoms with Gasteiger partial charge in [-0.05, 0) is 41.7 Å². The Labute approximate surface area is 439 Å². The number of hydrazine groups is 1. The highest BCUT2D eigenvalue weighted by atomic mass is 32.2. The van der Waals surface area contributed by atoms with Crippen LogP contribution >= 0.6 is 0 Å². The lowest BCUT2D eigenvalue weighted by Gasteiger charge is -2.42. The number of carbonyl (C=O) groups is 7. The van der Waals surface area contributed by atoms with Crippen molar-refractivity contribution in [3.63, 3.8) is 0 Å². The van der Waals surface area contributed by atoms with Crippen molar-refractivity contribution in [2.24, 2.45) is 11.8 Å². The zero-order valence-corrected chi connectivity index (χ0v) is 44.4. The summed E-state index contributed by atoms with van der Waals surface area (Å²) in [6.45, 7) is 8.42. The van der Waals surface area contributed by atoms with Gasteiger partial charge in [0.2, 0.25) is 35.8 Å². The van der Waals surface area contributed by atoms with E-state index in [0.29, 0.717) is 25.3 Å². The Morgan fingerprint density at radius 3 is 2.24 bits per heavy atom. The average molecular weight is 1100 g/mol. The van der Waals surface area contributed by atoms with E-state index < -0.39 is 77.7 Å². The molecular weight excluding hydrogens is 1030 g/mol. The van der Waals surface area contributed by atoms with Gasteiger partial charge in [-0.25, -0.2) is 24.6 Å². The van der Waals surface area contributed by atoms with Crippen LogP contribution in [0.25, 0.3) is 11.0 Å². The molecule has 5 amide bonds. The van der Waals surface area contributed by atoms with Gasteiger partial charge in [-0.15, -0.1) is 4.39 Å². The van der Waals surface area contributed by atoms with Gasteiger partial charge in [0.25, 0.3) is 10.1 Å². The van der Waals surface area contributed by atoms with Crippen molar-refractivity contribution in [1.29, 1.82) is 0 Å². The number of nitrogens with one attached hydrogen (secondary N) is 5. The molecule has 8 N–H and O–H groups in total. The SMILES string of the molecule is CC(C)C(NC(=O)CCOCCOCCNC(=O)CNC(=O)CCn1c2c(c3cccnc31)C(C(C)C)N(C)N(C)C2)C(=O)NCC(=O)Nc1ccc(COC(=O)F)cc1OC1CC(O)CC(C(=O)O)O1.CS(=O)(=O)O. The molecule has 0 radical (unpaired) electrons. The fourth-order valence-corrected chi connectivity index (χ4v) is 8.26. The third-order valence-corrected chi connectivity index (χ3v) is 11.8. The Hall–Kier alpha value is -6.40. The van der Waals surface area contributed by atoms with Gasteiger partial charge in [0.05, 0.1) is 70.2 Å². The van der Waals surface area contributed by atoms with Gasteiger partial charge in [0, 0.05) is 75.7 Å². The predicted octanol–water partition coefficient (Wildman–Crippen LogP) is 1.41. The number of aromatic nitrogens is 2. The summed E-state index contributed by atoms with van der Waals surface area (Å²) in [6, 6.07) is 7.20. The van der Waals surface area contributed by atoms with Crippen LogP contribution in [0.3, 0.4) is 0 Å². The second kappa shape index (κ2) is 29.8. The quantitative estimate of drug-likeness (QED) is 0.0320. The van der Waals surface area contributed by atoms with E-state index in [1.54, 1.807) is 20.0 Å². The van der Waals surface area contributed by atoms with Crippen molar-refractivity contribution < 1.29 is 84.8 Å². The molecule has 0 aliphatic carbocycles. The number of benzene rings is 1. The highest BCUT2D eigenvalue weighted by Crippen LogP contribution is 2.41. The maximum absolute atomic E-state index is 13.1. The van der Waals surface area contributed by atoms with Gasteiger partial charge in [-0.3, -0.25) is 28.5 Å². The third kappa shape index (κ3) is 20.3. The van der Waals surface area contributed by atoms with E-state index in [4.69, 9.17) is 23.5 Å². The van der Waals surface area contributed by atoms with Crippen LogP contribution in [0.4, 0.5) is 14.9 Å². The van der Waals surface area contributed by atoms with Gasteiger partial charge >= 0.3 is 12.2 Å². The number of pyridine rings is 1. The first-order valence-corrected chi connectivity index (χ1v) is 26.2. The number of hydrogen-bond acceptors (Lipinski definition) is 18. The smallest absolute Gasteiger partial charge is 0.479 e. The van der Waals surface area contributed by atoms with Crippen LogP contribution in [0.5, 0.6) is 5.75 Å². The van der Waals surface area contributed by atoms with E-state index in [-0.39, 0.29) is 106 Å². The van der Waals surface area contributed by atoms with Crippen molar-refractivity contribution in [2.75, 3.05) is 71.7 Å². The summed E-state index contributed by atoms with van der Waals surface area (Å²) in [5.41, 5.74) is 3.48. The monoisotopic (exact) mass is 1100 g/mol. The highest BCUT2D eigenvalue weighted by Gasteiger charge is 2.37. The number of rotatable bonds is 26. The van der Waals surface area contributed by atoms with Gasteiger partial charge < -0.3 is 65.0 Å². The number of nitrogens with zero attached hydrogens (tertiary/aromatic N) is 4. The number of aliphatic hydroxyl groups excluding tert-OH is 1. The number of anilines is 1. The number of halogens is 1. The number of hydrogen-bond donors (Lipinski definition) is 8. The normalized spacial score (nSPS) is 18.2. The van der Waals surface area contributed by atoms with E-state index >= 15 is 0 Å². The number of fused-ring (bicyclic) bond motifs is 3. The molecule has 0 saturated carbocycles. The Balaban J connectivity index is 0.00000238. The first kappa shape index (κ1) is 62.1. The van der Waals surface area contributed by atoms with E-state index in [9.17, 15) is 56.6 Å². The molecule has 28 heteroatoms. The second-order valence-corrected chi connectivity index (χ2v) is 20.1. The predicted molar refractivity (Wildman–Crippen MR) is 269 cm³/mol. The van der Waals surface area contributed by atoms with Gasteiger partial charge in [-0.2, -0.15) is 8.42 Å². The van der Waals surface area contributed by atoms with Crippen LogP contribution in [-0.2, 0) is 77.5 Å². The first-order chi connectivity index (χ1) is 35.8. The molecule has 3 aromatic rings. The van der Waals surface area contributed by atoms with Gasteiger partial charge in [0.1, 0.15) is 24.0 Å². The number of carboxylic acid groups (broad SMARTS) is 1. The largest absolute Gasteiger partial charge is 0.495 e. The molecule has 1 fully saturated rings. The summed E-state index contributed by atoms with van der Waals surface area (Å²) >= 11 is 0. The number of aliphatic carboxylic acids is 1. The third-order valence-electron chi connectivity index (χ3n) is 11.8. The molecule has 1 aromatic carbocycles. The standard InChI is InChI=1S/C47H66FN9O14.CH4O3S/c1-27(2)42(45(63)52-24-39(62)53-32-10-9-29(26-69-47(48)66)20-34(32)70-40-22-30(58)21-35(71-40)46(64)65)54-37(60)12-16-67-18-19-68-17-14-49-38(61)23-51-36(59)11-15-57-33-25-55(5)56(6)43(28(3)4)41(33)31-8-7-13-50-44(31)57;1-5(2,3)4/h7-10,13,20,27-28,30,35,40,42-43,58H,11-12,14-19,21-26H2,1-6H3,(H,49,61)(H,51,59)(H,52,63)(H,53,62)(H,54,60)(H,64,65);1H3,(H,2,3,4). The van der Waals surface area contributed by atoms with Crippen LogP contribution in [-0.4, -0.2) is 175 Å². The number of amides is 5. The lowest BCUT2D eigenvalue weighted by Crippen LogP contribution is -2.51. The van der Waals surface area contributed by atoms with Gasteiger partial charge in [0.15, 0.2) is 6.10 Å². The number of aliphatic hydroxyl groups is 1. The van der Waals surface area contributed by atoms with Crippen LogP contribution in [0, 0.1) is 11.8 Å². The molecule has 5 rings (SSSR count). The Morgan fingerprint density at radius 2 is 1.58 bits per heavy atom. The van der Waals surface area contributed by atoms with Crippen molar-refractivity contribution >= 4 is 68.6 Å². The minimum atomic E-state index is -3.67. The van der Waals surface area contributed by atoms with Crippen LogP contribution in [0.1, 0.15) is 76.2 Å². The lowest BCUT2D eigenvalue weighted by atomic mass is 9.92. The number of carboxylic acids is 1. The molecule has 2 aliphatic heterocycles. The molecule has 2 aromatic heterocycles. The van der Waals surface area contributed by atoms with Crippen molar-refractivity contribution in [3.05, 3.63) is 53.3 Å². The number of aryl methyl sites for hydroxylation is 1.